The first-order chi connectivity index (χ1) is 9.52. The average Bonchev–Trinajstić information content (AvgIpc) is 2.42. The largest absolute Gasteiger partial charge is 0.504 e. The molecule has 5 nitrogen and oxygen atoms in total. The van der Waals surface area contributed by atoms with Crippen LogP contribution in [0.5, 0.6) is 11.5 Å². The van der Waals surface area contributed by atoms with E-state index in [1.165, 1.54) is 18.2 Å². The second-order valence-corrected chi connectivity index (χ2v) is 3.93. The van der Waals surface area contributed by atoms with Gasteiger partial charge in [0.05, 0.1) is 5.69 Å². The van der Waals surface area contributed by atoms with Gasteiger partial charge in [-0.05, 0) is 30.3 Å². The number of halogens is 1. The second-order valence-electron chi connectivity index (χ2n) is 3.93. The zero-order valence-corrected chi connectivity index (χ0v) is 10.1. The van der Waals surface area contributed by atoms with E-state index in [1.807, 2.05) is 0 Å². The molecule has 0 aromatic heterocycles. The predicted molar refractivity (Wildman–Crippen MR) is 68.8 cm³/mol. The van der Waals surface area contributed by atoms with E-state index in [1.54, 1.807) is 6.07 Å². The molecule has 2 aromatic rings. The van der Waals surface area contributed by atoms with Gasteiger partial charge in [-0.15, -0.1) is 0 Å². The molecular formula is C14H9FN2O3. The number of nitrogens with zero attached hydrogens (tertiary/aromatic N) is 1. The van der Waals surface area contributed by atoms with Gasteiger partial charge in [-0.3, -0.25) is 4.79 Å². The fraction of sp³-hybridized carbons (Fsp3) is 0. The van der Waals surface area contributed by atoms with Crippen LogP contribution in [0.25, 0.3) is 0 Å². The van der Waals surface area contributed by atoms with Crippen LogP contribution in [0.15, 0.2) is 36.4 Å². The molecule has 0 saturated carbocycles. The highest BCUT2D eigenvalue weighted by Crippen LogP contribution is 2.25. The van der Waals surface area contributed by atoms with Crippen LogP contribution in [0.3, 0.4) is 0 Å². The number of carbonyl (C=O) groups excluding carboxylic acids is 1. The van der Waals surface area contributed by atoms with Crippen molar-refractivity contribution in [2.75, 3.05) is 5.32 Å². The SMILES string of the molecule is N#Cc1c(F)cccc1NC(=O)c1ccc(O)c(O)c1. The normalized spacial score (nSPS) is 9.80. The van der Waals surface area contributed by atoms with Crippen molar-refractivity contribution in [2.24, 2.45) is 0 Å². The van der Waals surface area contributed by atoms with E-state index in [2.05, 4.69) is 5.32 Å². The number of carbonyl (C=O) groups is 1. The zero-order chi connectivity index (χ0) is 14.7. The number of rotatable bonds is 2. The van der Waals surface area contributed by atoms with Crippen molar-refractivity contribution in [3.05, 3.63) is 53.3 Å². The number of aromatic hydroxyl groups is 2. The zero-order valence-electron chi connectivity index (χ0n) is 10.1. The molecule has 0 saturated heterocycles. The number of nitriles is 1. The first kappa shape index (κ1) is 13.4. The molecule has 0 heterocycles. The van der Waals surface area contributed by atoms with Crippen LogP contribution in [0.2, 0.25) is 0 Å². The summed E-state index contributed by atoms with van der Waals surface area (Å²) in [5.41, 5.74) is -0.178. The number of hydrogen-bond acceptors (Lipinski definition) is 4. The monoisotopic (exact) mass is 272 g/mol. The molecule has 20 heavy (non-hydrogen) atoms. The van der Waals surface area contributed by atoms with Crippen LogP contribution >= 0.6 is 0 Å². The molecule has 0 spiro atoms. The smallest absolute Gasteiger partial charge is 0.255 e. The second kappa shape index (κ2) is 5.28. The van der Waals surface area contributed by atoms with E-state index in [0.29, 0.717) is 0 Å². The highest BCUT2D eigenvalue weighted by atomic mass is 19.1. The number of phenols is 2. The topological polar surface area (TPSA) is 93.4 Å². The Morgan fingerprint density at radius 1 is 1.20 bits per heavy atom. The number of hydrogen-bond donors (Lipinski definition) is 3. The molecule has 2 aromatic carbocycles. The highest BCUT2D eigenvalue weighted by Gasteiger charge is 2.13. The predicted octanol–water partition coefficient (Wildman–Crippen LogP) is 2.36. The molecule has 0 unspecified atom stereocenters. The third-order valence-corrected chi connectivity index (χ3v) is 2.61. The van der Waals surface area contributed by atoms with Crippen molar-refractivity contribution in [2.45, 2.75) is 0 Å². The quantitative estimate of drug-likeness (QED) is 0.731. The minimum absolute atomic E-state index is 0.0325. The molecule has 0 bridgehead atoms. The van der Waals surface area contributed by atoms with Crippen LogP contribution in [0.1, 0.15) is 15.9 Å². The van der Waals surface area contributed by atoms with Crippen molar-refractivity contribution < 1.29 is 19.4 Å². The van der Waals surface area contributed by atoms with E-state index < -0.39 is 17.5 Å². The minimum Gasteiger partial charge on any atom is -0.504 e. The van der Waals surface area contributed by atoms with Crippen molar-refractivity contribution in [3.8, 4) is 17.6 Å². The minimum atomic E-state index is -0.737. The van der Waals surface area contributed by atoms with Gasteiger partial charge in [-0.25, -0.2) is 4.39 Å². The average molecular weight is 272 g/mol. The molecule has 0 aliphatic carbocycles. The Balaban J connectivity index is 2.31. The summed E-state index contributed by atoms with van der Waals surface area (Å²) in [6.45, 7) is 0. The summed E-state index contributed by atoms with van der Waals surface area (Å²) in [5, 5.41) is 29.7. The number of phenolic OH excluding ortho intramolecular Hbond substituents is 2. The molecule has 0 aliphatic heterocycles. The summed E-state index contributed by atoms with van der Waals surface area (Å²) in [6, 6.07) is 9.03. The summed E-state index contributed by atoms with van der Waals surface area (Å²) >= 11 is 0. The Morgan fingerprint density at radius 3 is 2.60 bits per heavy atom. The number of anilines is 1. The van der Waals surface area contributed by atoms with E-state index in [-0.39, 0.29) is 22.6 Å². The summed E-state index contributed by atoms with van der Waals surface area (Å²) in [7, 11) is 0. The maximum atomic E-state index is 13.4. The lowest BCUT2D eigenvalue weighted by atomic mass is 10.1. The standard InChI is InChI=1S/C14H9FN2O3/c15-10-2-1-3-11(9(10)7-16)17-14(20)8-4-5-12(18)13(19)6-8/h1-6,18-19H,(H,17,20). The molecule has 0 radical (unpaired) electrons. The third-order valence-electron chi connectivity index (χ3n) is 2.61. The molecule has 0 fully saturated rings. The van der Waals surface area contributed by atoms with Gasteiger partial charge in [0.1, 0.15) is 17.4 Å². The first-order valence-corrected chi connectivity index (χ1v) is 5.55. The van der Waals surface area contributed by atoms with Gasteiger partial charge in [-0.2, -0.15) is 5.26 Å². The molecule has 3 N–H and O–H groups in total. The van der Waals surface area contributed by atoms with Gasteiger partial charge in [0.2, 0.25) is 0 Å². The van der Waals surface area contributed by atoms with E-state index >= 15 is 0 Å². The molecule has 6 heteroatoms. The number of benzene rings is 2. The van der Waals surface area contributed by atoms with Crippen molar-refractivity contribution in [3.63, 3.8) is 0 Å². The molecule has 1 amide bonds. The maximum absolute atomic E-state index is 13.4. The van der Waals surface area contributed by atoms with Crippen LogP contribution in [-0.2, 0) is 0 Å². The van der Waals surface area contributed by atoms with Gasteiger partial charge in [0, 0.05) is 5.56 Å². The fourth-order valence-corrected chi connectivity index (χ4v) is 1.60. The number of amides is 1. The lowest BCUT2D eigenvalue weighted by Gasteiger charge is -2.08. The molecular weight excluding hydrogens is 263 g/mol. The first-order valence-electron chi connectivity index (χ1n) is 5.55. The van der Waals surface area contributed by atoms with Crippen LogP contribution in [0, 0.1) is 17.1 Å². The van der Waals surface area contributed by atoms with E-state index in [9.17, 15) is 14.3 Å². The lowest BCUT2D eigenvalue weighted by Crippen LogP contribution is -2.13. The van der Waals surface area contributed by atoms with Crippen LogP contribution < -0.4 is 5.32 Å². The molecule has 0 aliphatic rings. The Kier molecular flexibility index (Phi) is 3.53. The van der Waals surface area contributed by atoms with Crippen molar-refractivity contribution in [1.82, 2.24) is 0 Å². The summed E-state index contributed by atoms with van der Waals surface area (Å²) in [5.74, 6) is -2.18. The Labute approximate surface area is 113 Å². The van der Waals surface area contributed by atoms with E-state index in [0.717, 1.165) is 18.2 Å². The van der Waals surface area contributed by atoms with Gasteiger partial charge < -0.3 is 15.5 Å². The highest BCUT2D eigenvalue weighted by molar-refractivity contribution is 6.05. The lowest BCUT2D eigenvalue weighted by molar-refractivity contribution is 0.102. The Morgan fingerprint density at radius 2 is 1.95 bits per heavy atom. The van der Waals surface area contributed by atoms with Crippen molar-refractivity contribution >= 4 is 11.6 Å². The summed E-state index contributed by atoms with van der Waals surface area (Å²) in [4.78, 5) is 11.9. The Bertz CT molecular complexity index is 723. The van der Waals surface area contributed by atoms with E-state index in [4.69, 9.17) is 10.4 Å². The maximum Gasteiger partial charge on any atom is 0.255 e. The molecule has 100 valence electrons. The molecule has 2 rings (SSSR count). The third kappa shape index (κ3) is 2.52. The molecule has 0 atom stereocenters. The van der Waals surface area contributed by atoms with Crippen LogP contribution in [-0.4, -0.2) is 16.1 Å². The van der Waals surface area contributed by atoms with Crippen molar-refractivity contribution in [1.29, 1.82) is 5.26 Å². The number of nitrogens with one attached hydrogen (secondary N) is 1. The summed E-state index contributed by atoms with van der Waals surface area (Å²) in [6.07, 6.45) is 0. The Hall–Kier alpha value is -3.07. The summed E-state index contributed by atoms with van der Waals surface area (Å²) < 4.78 is 13.4. The van der Waals surface area contributed by atoms with Crippen LogP contribution in [0.4, 0.5) is 10.1 Å². The van der Waals surface area contributed by atoms with Gasteiger partial charge in [-0.1, -0.05) is 6.07 Å². The van der Waals surface area contributed by atoms with Gasteiger partial charge in [0.15, 0.2) is 11.5 Å². The van der Waals surface area contributed by atoms with Gasteiger partial charge in [0.25, 0.3) is 5.91 Å². The van der Waals surface area contributed by atoms with Gasteiger partial charge >= 0.3 is 0 Å². The fourth-order valence-electron chi connectivity index (χ4n) is 1.60.